The summed E-state index contributed by atoms with van der Waals surface area (Å²) in [5.41, 5.74) is 2.95. The smallest absolute Gasteiger partial charge is 0.248 e. The van der Waals surface area contributed by atoms with Gasteiger partial charge in [-0.15, -0.1) is 0 Å². The first-order valence-electron chi connectivity index (χ1n) is 9.84. The van der Waals surface area contributed by atoms with Crippen molar-refractivity contribution < 1.29 is 14.3 Å². The SMILES string of the molecule is CCOc1ccccc1C=CC(=O)Nc1ccc(CCN2CCOCC2)cc1. The predicted octanol–water partition coefficient (Wildman–Crippen LogP) is 3.61. The Morgan fingerprint density at radius 3 is 2.64 bits per heavy atom. The fraction of sp³-hybridized carbons (Fsp3) is 0.348. The molecule has 0 aromatic heterocycles. The number of benzene rings is 2. The number of hydrogen-bond donors (Lipinski definition) is 1. The first-order valence-corrected chi connectivity index (χ1v) is 9.84. The molecule has 0 unspecified atom stereocenters. The molecular formula is C23H28N2O3. The van der Waals surface area contributed by atoms with Crippen LogP contribution in [0.2, 0.25) is 0 Å². The number of morpholine rings is 1. The molecule has 1 amide bonds. The van der Waals surface area contributed by atoms with Crippen LogP contribution in [0.3, 0.4) is 0 Å². The second-order valence-electron chi connectivity index (χ2n) is 6.69. The molecule has 1 fully saturated rings. The van der Waals surface area contributed by atoms with E-state index in [4.69, 9.17) is 9.47 Å². The molecule has 0 spiro atoms. The molecule has 0 saturated carbocycles. The Hall–Kier alpha value is -2.63. The molecule has 5 heteroatoms. The Bertz CT molecular complexity index is 781. The lowest BCUT2D eigenvalue weighted by Gasteiger charge is -2.26. The number of anilines is 1. The molecule has 3 rings (SSSR count). The Balaban J connectivity index is 1.50. The molecule has 148 valence electrons. The molecule has 1 aliphatic rings. The van der Waals surface area contributed by atoms with E-state index in [1.54, 1.807) is 6.08 Å². The molecule has 2 aromatic rings. The van der Waals surface area contributed by atoms with Gasteiger partial charge in [0.15, 0.2) is 0 Å². The molecule has 0 aliphatic carbocycles. The zero-order chi connectivity index (χ0) is 19.6. The van der Waals surface area contributed by atoms with E-state index in [-0.39, 0.29) is 5.91 Å². The van der Waals surface area contributed by atoms with Gasteiger partial charge in [-0.3, -0.25) is 9.69 Å². The van der Waals surface area contributed by atoms with Crippen molar-refractivity contribution in [1.29, 1.82) is 0 Å². The van der Waals surface area contributed by atoms with Crippen molar-refractivity contribution in [1.82, 2.24) is 4.90 Å². The Kier molecular flexibility index (Phi) is 7.64. The predicted molar refractivity (Wildman–Crippen MR) is 113 cm³/mol. The van der Waals surface area contributed by atoms with Crippen LogP contribution in [0.5, 0.6) is 5.75 Å². The number of nitrogens with one attached hydrogen (secondary N) is 1. The summed E-state index contributed by atoms with van der Waals surface area (Å²) in [6.07, 6.45) is 4.31. The second kappa shape index (κ2) is 10.6. The fourth-order valence-electron chi connectivity index (χ4n) is 3.12. The summed E-state index contributed by atoms with van der Waals surface area (Å²) in [7, 11) is 0. The maximum absolute atomic E-state index is 12.2. The summed E-state index contributed by atoms with van der Waals surface area (Å²) in [5.74, 6) is 0.617. The van der Waals surface area contributed by atoms with Gasteiger partial charge in [0.05, 0.1) is 19.8 Å². The van der Waals surface area contributed by atoms with Crippen molar-refractivity contribution in [2.24, 2.45) is 0 Å². The number of para-hydroxylation sites is 1. The van der Waals surface area contributed by atoms with E-state index in [0.717, 1.165) is 56.3 Å². The molecule has 0 radical (unpaired) electrons. The van der Waals surface area contributed by atoms with E-state index in [2.05, 4.69) is 22.3 Å². The number of rotatable bonds is 8. The molecule has 1 heterocycles. The number of ether oxygens (including phenoxy) is 2. The van der Waals surface area contributed by atoms with E-state index in [9.17, 15) is 4.79 Å². The summed E-state index contributed by atoms with van der Waals surface area (Å²) < 4.78 is 11.0. The maximum atomic E-state index is 12.2. The van der Waals surface area contributed by atoms with Crippen LogP contribution in [0.4, 0.5) is 5.69 Å². The monoisotopic (exact) mass is 380 g/mol. The first kappa shape index (κ1) is 20.1. The van der Waals surface area contributed by atoms with Gasteiger partial charge in [-0.1, -0.05) is 30.3 Å². The van der Waals surface area contributed by atoms with Crippen LogP contribution in [0.25, 0.3) is 6.08 Å². The van der Waals surface area contributed by atoms with Gasteiger partial charge in [0.1, 0.15) is 5.75 Å². The van der Waals surface area contributed by atoms with Gasteiger partial charge in [-0.2, -0.15) is 0 Å². The van der Waals surface area contributed by atoms with Gasteiger partial charge >= 0.3 is 0 Å². The number of amides is 1. The minimum atomic E-state index is -0.160. The van der Waals surface area contributed by atoms with Crippen molar-refractivity contribution in [2.45, 2.75) is 13.3 Å². The molecule has 1 aliphatic heterocycles. The van der Waals surface area contributed by atoms with Crippen LogP contribution < -0.4 is 10.1 Å². The quantitative estimate of drug-likeness (QED) is 0.711. The molecule has 0 bridgehead atoms. The number of hydrogen-bond acceptors (Lipinski definition) is 4. The lowest BCUT2D eigenvalue weighted by Crippen LogP contribution is -2.37. The topological polar surface area (TPSA) is 50.8 Å². The Morgan fingerprint density at radius 1 is 1.14 bits per heavy atom. The lowest BCUT2D eigenvalue weighted by atomic mass is 10.1. The standard InChI is InChI=1S/C23H28N2O3/c1-2-28-22-6-4-3-5-20(22)9-12-23(26)24-21-10-7-19(8-11-21)13-14-25-15-17-27-18-16-25/h3-12H,2,13-18H2,1H3,(H,24,26). The van der Waals surface area contributed by atoms with Crippen LogP contribution >= 0.6 is 0 Å². The zero-order valence-electron chi connectivity index (χ0n) is 16.4. The third-order valence-electron chi connectivity index (χ3n) is 4.68. The van der Waals surface area contributed by atoms with Crippen molar-refractivity contribution in [3.63, 3.8) is 0 Å². The molecular weight excluding hydrogens is 352 g/mol. The van der Waals surface area contributed by atoms with Gasteiger partial charge in [0, 0.05) is 37.0 Å². The van der Waals surface area contributed by atoms with Gasteiger partial charge in [0.2, 0.25) is 5.91 Å². The first-order chi connectivity index (χ1) is 13.7. The van der Waals surface area contributed by atoms with Crippen LogP contribution in [0.1, 0.15) is 18.1 Å². The van der Waals surface area contributed by atoms with Gasteiger partial charge < -0.3 is 14.8 Å². The number of carbonyl (C=O) groups excluding carboxylic acids is 1. The summed E-state index contributed by atoms with van der Waals surface area (Å²) >= 11 is 0. The normalized spacial score (nSPS) is 14.9. The summed E-state index contributed by atoms with van der Waals surface area (Å²) in [5, 5.41) is 2.90. The van der Waals surface area contributed by atoms with Crippen molar-refractivity contribution in [3.05, 3.63) is 65.7 Å². The van der Waals surface area contributed by atoms with E-state index in [0.29, 0.717) is 6.61 Å². The highest BCUT2D eigenvalue weighted by Gasteiger charge is 2.09. The number of nitrogens with zero attached hydrogens (tertiary/aromatic N) is 1. The number of carbonyl (C=O) groups is 1. The van der Waals surface area contributed by atoms with Gasteiger partial charge in [-0.25, -0.2) is 0 Å². The Morgan fingerprint density at radius 2 is 1.89 bits per heavy atom. The maximum Gasteiger partial charge on any atom is 0.248 e. The third kappa shape index (κ3) is 6.22. The van der Waals surface area contributed by atoms with Gasteiger partial charge in [0.25, 0.3) is 0 Å². The largest absolute Gasteiger partial charge is 0.493 e. The average molecular weight is 380 g/mol. The molecule has 28 heavy (non-hydrogen) atoms. The third-order valence-corrected chi connectivity index (χ3v) is 4.68. The lowest BCUT2D eigenvalue weighted by molar-refractivity contribution is -0.111. The Labute approximate surface area is 167 Å². The molecule has 1 N–H and O–H groups in total. The average Bonchev–Trinajstić information content (AvgIpc) is 2.74. The fourth-order valence-corrected chi connectivity index (χ4v) is 3.12. The highest BCUT2D eigenvalue weighted by atomic mass is 16.5. The van der Waals surface area contributed by atoms with Crippen LogP contribution in [0, 0.1) is 0 Å². The zero-order valence-corrected chi connectivity index (χ0v) is 16.4. The summed E-state index contributed by atoms with van der Waals surface area (Å²) in [4.78, 5) is 14.6. The van der Waals surface area contributed by atoms with Crippen molar-refractivity contribution in [2.75, 3.05) is 44.8 Å². The van der Waals surface area contributed by atoms with Gasteiger partial charge in [-0.05, 0) is 43.2 Å². The van der Waals surface area contributed by atoms with E-state index in [1.165, 1.54) is 11.6 Å². The summed E-state index contributed by atoms with van der Waals surface area (Å²) in [6.45, 7) is 7.24. The highest BCUT2D eigenvalue weighted by Crippen LogP contribution is 2.19. The molecule has 5 nitrogen and oxygen atoms in total. The highest BCUT2D eigenvalue weighted by molar-refractivity contribution is 6.02. The van der Waals surface area contributed by atoms with Crippen LogP contribution in [-0.2, 0) is 16.0 Å². The summed E-state index contributed by atoms with van der Waals surface area (Å²) in [6, 6.07) is 15.7. The van der Waals surface area contributed by atoms with Crippen LogP contribution in [0.15, 0.2) is 54.6 Å². The minimum absolute atomic E-state index is 0.160. The van der Waals surface area contributed by atoms with Crippen LogP contribution in [-0.4, -0.2) is 50.3 Å². The van der Waals surface area contributed by atoms with Crippen molar-refractivity contribution >= 4 is 17.7 Å². The van der Waals surface area contributed by atoms with Crippen molar-refractivity contribution in [3.8, 4) is 5.75 Å². The second-order valence-corrected chi connectivity index (χ2v) is 6.69. The van der Waals surface area contributed by atoms with E-state index in [1.807, 2.05) is 43.3 Å². The molecule has 0 atom stereocenters. The molecule has 2 aromatic carbocycles. The molecule has 1 saturated heterocycles. The minimum Gasteiger partial charge on any atom is -0.493 e. The van der Waals surface area contributed by atoms with E-state index < -0.39 is 0 Å². The van der Waals surface area contributed by atoms with E-state index >= 15 is 0 Å².